The summed E-state index contributed by atoms with van der Waals surface area (Å²) in [5.74, 6) is -0.287. The molecule has 0 amide bonds. The number of carbonyl (C=O) groups is 1. The first-order valence-corrected chi connectivity index (χ1v) is 4.58. The summed E-state index contributed by atoms with van der Waals surface area (Å²) in [6.45, 7) is 1.39. The van der Waals surface area contributed by atoms with Crippen molar-refractivity contribution in [2.24, 2.45) is 5.11 Å². The van der Waals surface area contributed by atoms with Crippen LogP contribution in [0.25, 0.3) is 10.4 Å². The van der Waals surface area contributed by atoms with E-state index >= 15 is 0 Å². The summed E-state index contributed by atoms with van der Waals surface area (Å²) in [6.07, 6.45) is 5.81. The molecule has 1 rings (SSSR count). The molecule has 5 nitrogen and oxygen atoms in total. The standard InChI is InChI=1S/C9H13N3O2/c1-7(13)14-9-5-3-2-4-8(6-9)11-12-10/h2-3,8-9H,4-6H2,1H3. The van der Waals surface area contributed by atoms with E-state index in [1.165, 1.54) is 6.92 Å². The Morgan fingerprint density at radius 2 is 2.29 bits per heavy atom. The predicted molar refractivity (Wildman–Crippen MR) is 51.5 cm³/mol. The van der Waals surface area contributed by atoms with Crippen molar-refractivity contribution in [3.63, 3.8) is 0 Å². The van der Waals surface area contributed by atoms with Gasteiger partial charge in [0, 0.05) is 24.3 Å². The second-order valence-electron chi connectivity index (χ2n) is 3.27. The molecule has 0 saturated heterocycles. The minimum absolute atomic E-state index is 0.0944. The molecule has 0 fully saturated rings. The SMILES string of the molecule is CC(=O)OC1CC=CCC(N=[N+]=[N-])C1. The van der Waals surface area contributed by atoms with E-state index in [1.807, 2.05) is 12.2 Å². The maximum atomic E-state index is 10.7. The fourth-order valence-electron chi connectivity index (χ4n) is 1.50. The highest BCUT2D eigenvalue weighted by Gasteiger charge is 2.18. The van der Waals surface area contributed by atoms with E-state index < -0.39 is 0 Å². The van der Waals surface area contributed by atoms with Crippen molar-refractivity contribution in [2.45, 2.75) is 38.3 Å². The average Bonchev–Trinajstić information content (AvgIpc) is 2.30. The summed E-state index contributed by atoms with van der Waals surface area (Å²) in [7, 11) is 0. The fourth-order valence-corrected chi connectivity index (χ4v) is 1.50. The number of hydrogen-bond acceptors (Lipinski definition) is 3. The van der Waals surface area contributed by atoms with E-state index in [9.17, 15) is 4.79 Å². The first-order chi connectivity index (χ1) is 6.72. The van der Waals surface area contributed by atoms with Gasteiger partial charge < -0.3 is 4.74 Å². The van der Waals surface area contributed by atoms with Crippen LogP contribution in [0.2, 0.25) is 0 Å². The van der Waals surface area contributed by atoms with Crippen LogP contribution in [0.3, 0.4) is 0 Å². The van der Waals surface area contributed by atoms with E-state index in [0.29, 0.717) is 12.8 Å². The third kappa shape index (κ3) is 3.49. The maximum Gasteiger partial charge on any atom is 0.302 e. The molecule has 0 radical (unpaired) electrons. The Labute approximate surface area is 82.4 Å². The summed E-state index contributed by atoms with van der Waals surface area (Å²) in [4.78, 5) is 13.5. The summed E-state index contributed by atoms with van der Waals surface area (Å²) >= 11 is 0. The first kappa shape index (κ1) is 10.6. The zero-order chi connectivity index (χ0) is 10.4. The molecule has 0 aromatic rings. The van der Waals surface area contributed by atoms with E-state index in [0.717, 1.165) is 6.42 Å². The molecule has 5 heteroatoms. The lowest BCUT2D eigenvalue weighted by atomic mass is 10.1. The molecule has 0 bridgehead atoms. The van der Waals surface area contributed by atoms with E-state index in [4.69, 9.17) is 10.3 Å². The Hall–Kier alpha value is -1.48. The van der Waals surface area contributed by atoms with Gasteiger partial charge in [-0.2, -0.15) is 0 Å². The highest BCUT2D eigenvalue weighted by Crippen LogP contribution is 2.18. The number of carbonyl (C=O) groups excluding carboxylic acids is 1. The maximum absolute atomic E-state index is 10.7. The predicted octanol–water partition coefficient (Wildman–Crippen LogP) is 2.34. The van der Waals surface area contributed by atoms with Gasteiger partial charge in [0.25, 0.3) is 0 Å². The summed E-state index contributed by atoms with van der Waals surface area (Å²) in [6, 6.07) is -0.0944. The van der Waals surface area contributed by atoms with Gasteiger partial charge in [-0.3, -0.25) is 4.79 Å². The number of azide groups is 1. The normalized spacial score (nSPS) is 26.1. The van der Waals surface area contributed by atoms with Crippen LogP contribution in [0, 0.1) is 0 Å². The number of ether oxygens (including phenoxy) is 1. The number of nitrogens with zero attached hydrogens (tertiary/aromatic N) is 3. The van der Waals surface area contributed by atoms with Crippen molar-refractivity contribution in [1.82, 2.24) is 0 Å². The van der Waals surface area contributed by atoms with Crippen molar-refractivity contribution in [1.29, 1.82) is 0 Å². The van der Waals surface area contributed by atoms with Gasteiger partial charge >= 0.3 is 5.97 Å². The summed E-state index contributed by atoms with van der Waals surface area (Å²) < 4.78 is 5.07. The van der Waals surface area contributed by atoms with Gasteiger partial charge in [-0.25, -0.2) is 0 Å². The summed E-state index contributed by atoms with van der Waals surface area (Å²) in [5.41, 5.74) is 8.30. The van der Waals surface area contributed by atoms with Gasteiger partial charge in [-0.1, -0.05) is 17.3 Å². The monoisotopic (exact) mass is 195 g/mol. The molecule has 14 heavy (non-hydrogen) atoms. The van der Waals surface area contributed by atoms with Gasteiger partial charge in [-0.15, -0.1) is 0 Å². The zero-order valence-corrected chi connectivity index (χ0v) is 8.09. The largest absolute Gasteiger partial charge is 0.462 e. The van der Waals surface area contributed by atoms with Crippen LogP contribution in [0.4, 0.5) is 0 Å². The molecule has 0 aromatic carbocycles. The van der Waals surface area contributed by atoms with Crippen LogP contribution in [-0.4, -0.2) is 18.1 Å². The Kier molecular flexibility index (Phi) is 4.01. The van der Waals surface area contributed by atoms with E-state index in [-0.39, 0.29) is 18.1 Å². The molecule has 0 N–H and O–H groups in total. The van der Waals surface area contributed by atoms with Crippen LogP contribution in [0.5, 0.6) is 0 Å². The van der Waals surface area contributed by atoms with E-state index in [2.05, 4.69) is 10.0 Å². The molecular formula is C9H13N3O2. The van der Waals surface area contributed by atoms with Crippen molar-refractivity contribution >= 4 is 5.97 Å². The lowest BCUT2D eigenvalue weighted by Crippen LogP contribution is -2.19. The molecule has 0 spiro atoms. The lowest BCUT2D eigenvalue weighted by molar-refractivity contribution is -0.146. The molecule has 2 atom stereocenters. The van der Waals surface area contributed by atoms with E-state index in [1.54, 1.807) is 0 Å². The van der Waals surface area contributed by atoms with Crippen molar-refractivity contribution < 1.29 is 9.53 Å². The van der Waals surface area contributed by atoms with Gasteiger partial charge in [0.05, 0.1) is 0 Å². The van der Waals surface area contributed by atoms with Gasteiger partial charge in [0.15, 0.2) is 0 Å². The molecule has 1 aliphatic rings. The Bertz CT molecular complexity index is 282. The number of hydrogen-bond donors (Lipinski definition) is 0. The van der Waals surface area contributed by atoms with Gasteiger partial charge in [-0.05, 0) is 18.4 Å². The molecule has 0 aromatic heterocycles. The van der Waals surface area contributed by atoms with Crippen LogP contribution in [0.1, 0.15) is 26.2 Å². The molecule has 0 heterocycles. The van der Waals surface area contributed by atoms with Crippen LogP contribution in [0.15, 0.2) is 17.3 Å². The Morgan fingerprint density at radius 1 is 1.57 bits per heavy atom. The van der Waals surface area contributed by atoms with Crippen molar-refractivity contribution in [2.75, 3.05) is 0 Å². The summed E-state index contributed by atoms with van der Waals surface area (Å²) in [5, 5.41) is 3.64. The topological polar surface area (TPSA) is 75.1 Å². The van der Waals surface area contributed by atoms with Gasteiger partial charge in [0.1, 0.15) is 6.10 Å². The van der Waals surface area contributed by atoms with Crippen LogP contribution < -0.4 is 0 Å². The molecule has 2 unspecified atom stereocenters. The Morgan fingerprint density at radius 3 is 2.93 bits per heavy atom. The molecular weight excluding hydrogens is 182 g/mol. The second kappa shape index (κ2) is 5.29. The highest BCUT2D eigenvalue weighted by atomic mass is 16.5. The molecule has 0 aliphatic heterocycles. The number of esters is 1. The lowest BCUT2D eigenvalue weighted by Gasteiger charge is -2.16. The van der Waals surface area contributed by atoms with Crippen molar-refractivity contribution in [3.05, 3.63) is 22.6 Å². The van der Waals surface area contributed by atoms with Gasteiger partial charge in [0.2, 0.25) is 0 Å². The zero-order valence-electron chi connectivity index (χ0n) is 8.09. The van der Waals surface area contributed by atoms with Crippen LogP contribution >= 0.6 is 0 Å². The smallest absolute Gasteiger partial charge is 0.302 e. The molecule has 1 aliphatic carbocycles. The quantitative estimate of drug-likeness (QED) is 0.223. The molecule has 0 saturated carbocycles. The minimum Gasteiger partial charge on any atom is -0.462 e. The van der Waals surface area contributed by atoms with Crippen molar-refractivity contribution in [3.8, 4) is 0 Å². The molecule has 76 valence electrons. The third-order valence-corrected chi connectivity index (χ3v) is 2.06. The number of rotatable bonds is 2. The minimum atomic E-state index is -0.287. The fraction of sp³-hybridized carbons (Fsp3) is 0.667. The Balaban J connectivity index is 2.56. The second-order valence-corrected chi connectivity index (χ2v) is 3.27. The first-order valence-electron chi connectivity index (χ1n) is 4.58. The third-order valence-electron chi connectivity index (χ3n) is 2.06. The van der Waals surface area contributed by atoms with Crippen LogP contribution in [-0.2, 0) is 9.53 Å². The highest BCUT2D eigenvalue weighted by molar-refractivity contribution is 5.66. The average molecular weight is 195 g/mol.